The van der Waals surface area contributed by atoms with E-state index in [1.165, 1.54) is 50.1 Å². The van der Waals surface area contributed by atoms with Gasteiger partial charge < -0.3 is 9.64 Å². The maximum atomic E-state index is 13.6. The minimum Gasteiger partial charge on any atom is -0.378 e. The molecular weight excluding hydrogens is 481 g/mol. The fourth-order valence-electron chi connectivity index (χ4n) is 3.41. The van der Waals surface area contributed by atoms with Crippen LogP contribution < -0.4 is 0 Å². The van der Waals surface area contributed by atoms with E-state index < -0.39 is 15.8 Å². The average molecular weight is 506 g/mol. The van der Waals surface area contributed by atoms with Gasteiger partial charge >= 0.3 is 0 Å². The molecule has 1 aliphatic heterocycles. The molecule has 0 spiro atoms. The number of hydrogen-bond acceptors (Lipinski definition) is 7. The van der Waals surface area contributed by atoms with Crippen molar-refractivity contribution < 1.29 is 22.3 Å². The molecule has 9 nitrogen and oxygen atoms in total. The monoisotopic (exact) mass is 505 g/mol. The van der Waals surface area contributed by atoms with Crippen LogP contribution >= 0.6 is 11.8 Å². The van der Waals surface area contributed by atoms with Crippen molar-refractivity contribution in [1.29, 1.82) is 0 Å². The molecule has 1 amide bonds. The number of rotatable bonds is 7. The lowest BCUT2D eigenvalue weighted by molar-refractivity contribution is -0.132. The van der Waals surface area contributed by atoms with Gasteiger partial charge in [-0.15, -0.1) is 10.2 Å². The number of thioether (sulfide) groups is 1. The number of sulfonamides is 1. The van der Waals surface area contributed by atoms with Crippen LogP contribution in [0.4, 0.5) is 4.39 Å². The molecule has 0 radical (unpaired) electrons. The molecule has 0 N–H and O–H groups in total. The van der Waals surface area contributed by atoms with Crippen LogP contribution in [-0.2, 0) is 19.6 Å². The fraction of sp³-hybridized carbons (Fsp3) is 0.318. The normalized spacial score (nSPS) is 14.5. The molecule has 1 aliphatic rings. The maximum absolute atomic E-state index is 13.6. The van der Waals surface area contributed by atoms with Gasteiger partial charge in [-0.2, -0.15) is 0 Å². The van der Waals surface area contributed by atoms with Gasteiger partial charge in [-0.25, -0.2) is 17.1 Å². The third kappa shape index (κ3) is 5.14. The van der Waals surface area contributed by atoms with E-state index in [4.69, 9.17) is 4.74 Å². The van der Waals surface area contributed by atoms with Gasteiger partial charge in [-0.1, -0.05) is 23.9 Å². The Balaban J connectivity index is 1.70. The largest absolute Gasteiger partial charge is 0.378 e. The molecule has 0 bridgehead atoms. The summed E-state index contributed by atoms with van der Waals surface area (Å²) in [4.78, 5) is 14.5. The quantitative estimate of drug-likeness (QED) is 0.455. The molecular formula is C22H24FN5O4S2. The number of benzene rings is 2. The van der Waals surface area contributed by atoms with Crippen LogP contribution in [0.2, 0.25) is 0 Å². The third-order valence-electron chi connectivity index (χ3n) is 5.28. The first-order valence-corrected chi connectivity index (χ1v) is 12.9. The second kappa shape index (κ2) is 10.2. The zero-order valence-corrected chi connectivity index (χ0v) is 20.4. The molecule has 0 unspecified atom stereocenters. The summed E-state index contributed by atoms with van der Waals surface area (Å²) in [5, 5.41) is 8.99. The maximum Gasteiger partial charge on any atom is 0.242 e. The predicted molar refractivity (Wildman–Crippen MR) is 126 cm³/mol. The SMILES string of the molecule is CN(C)S(=O)(=O)c1cccc(-c2nnc(SCC(=O)N3CCOCC3)n2-c2ccc(F)cc2)c1. The van der Waals surface area contributed by atoms with Crippen LogP contribution in [0.25, 0.3) is 17.1 Å². The Morgan fingerprint density at radius 2 is 1.82 bits per heavy atom. The van der Waals surface area contributed by atoms with Crippen molar-refractivity contribution in [2.24, 2.45) is 0 Å². The molecule has 2 aromatic carbocycles. The van der Waals surface area contributed by atoms with E-state index in [0.717, 1.165) is 4.31 Å². The Bertz CT molecular complexity index is 1270. The van der Waals surface area contributed by atoms with E-state index >= 15 is 0 Å². The lowest BCUT2D eigenvalue weighted by atomic mass is 10.2. The van der Waals surface area contributed by atoms with E-state index in [9.17, 15) is 17.6 Å². The topological polar surface area (TPSA) is 97.6 Å². The van der Waals surface area contributed by atoms with Crippen LogP contribution in [0.3, 0.4) is 0 Å². The average Bonchev–Trinajstić information content (AvgIpc) is 3.27. The van der Waals surface area contributed by atoms with Gasteiger partial charge in [0.05, 0.1) is 23.9 Å². The van der Waals surface area contributed by atoms with E-state index in [1.807, 2.05) is 0 Å². The van der Waals surface area contributed by atoms with E-state index in [0.29, 0.717) is 48.5 Å². The van der Waals surface area contributed by atoms with Crippen molar-refractivity contribution in [2.45, 2.75) is 10.1 Å². The standard InChI is InChI=1S/C22H24FN5O4S2/c1-26(2)34(30,31)19-5-3-4-16(14-19)21-24-25-22(28(21)18-8-6-17(23)7-9-18)33-15-20(29)27-10-12-32-13-11-27/h3-9,14H,10-13,15H2,1-2H3. The summed E-state index contributed by atoms with van der Waals surface area (Å²) < 4.78 is 47.0. The second-order valence-electron chi connectivity index (χ2n) is 7.72. The van der Waals surface area contributed by atoms with Crippen molar-refractivity contribution in [2.75, 3.05) is 46.2 Å². The highest BCUT2D eigenvalue weighted by atomic mass is 32.2. The molecule has 0 atom stereocenters. The highest BCUT2D eigenvalue weighted by Crippen LogP contribution is 2.30. The number of hydrogen-bond donors (Lipinski definition) is 0. The minimum atomic E-state index is -3.66. The third-order valence-corrected chi connectivity index (χ3v) is 8.00. The first-order valence-electron chi connectivity index (χ1n) is 10.5. The van der Waals surface area contributed by atoms with Gasteiger partial charge in [-0.05, 0) is 36.4 Å². The summed E-state index contributed by atoms with van der Waals surface area (Å²) in [6.07, 6.45) is 0. The molecule has 3 aromatic rings. The van der Waals surface area contributed by atoms with Gasteiger partial charge in [0.25, 0.3) is 0 Å². The minimum absolute atomic E-state index is 0.0393. The van der Waals surface area contributed by atoms with Gasteiger partial charge in [0.15, 0.2) is 11.0 Å². The molecule has 180 valence electrons. The van der Waals surface area contributed by atoms with E-state index in [2.05, 4.69) is 10.2 Å². The fourth-order valence-corrected chi connectivity index (χ4v) is 5.21. The number of aromatic nitrogens is 3. The van der Waals surface area contributed by atoms with Crippen molar-refractivity contribution >= 4 is 27.7 Å². The summed E-state index contributed by atoms with van der Waals surface area (Å²) in [5.74, 6) is 0.0921. The van der Waals surface area contributed by atoms with Crippen LogP contribution in [0.15, 0.2) is 58.6 Å². The zero-order valence-electron chi connectivity index (χ0n) is 18.7. The number of ether oxygens (including phenoxy) is 1. The van der Waals surface area contributed by atoms with Gasteiger partial charge in [0.1, 0.15) is 5.82 Å². The number of carbonyl (C=O) groups is 1. The van der Waals surface area contributed by atoms with Crippen LogP contribution in [-0.4, -0.2) is 84.4 Å². The highest BCUT2D eigenvalue weighted by Gasteiger charge is 2.23. The summed E-state index contributed by atoms with van der Waals surface area (Å²) in [5.41, 5.74) is 1.11. The Kier molecular flexibility index (Phi) is 7.31. The van der Waals surface area contributed by atoms with E-state index in [-0.39, 0.29) is 16.6 Å². The van der Waals surface area contributed by atoms with Crippen LogP contribution in [0.1, 0.15) is 0 Å². The molecule has 1 fully saturated rings. The molecule has 2 heterocycles. The highest BCUT2D eigenvalue weighted by molar-refractivity contribution is 7.99. The molecule has 34 heavy (non-hydrogen) atoms. The number of halogens is 1. The number of carbonyl (C=O) groups excluding carboxylic acids is 1. The van der Waals surface area contributed by atoms with Gasteiger partial charge in [-0.3, -0.25) is 9.36 Å². The lowest BCUT2D eigenvalue weighted by Crippen LogP contribution is -2.41. The summed E-state index contributed by atoms with van der Waals surface area (Å²) >= 11 is 1.22. The Morgan fingerprint density at radius 1 is 1.12 bits per heavy atom. The number of nitrogens with zero attached hydrogens (tertiary/aromatic N) is 5. The van der Waals surface area contributed by atoms with Crippen molar-refractivity contribution in [1.82, 2.24) is 24.0 Å². The Morgan fingerprint density at radius 3 is 2.50 bits per heavy atom. The number of amides is 1. The van der Waals surface area contributed by atoms with Gasteiger partial charge in [0.2, 0.25) is 15.9 Å². The molecule has 0 saturated carbocycles. The van der Waals surface area contributed by atoms with E-state index in [1.54, 1.807) is 33.7 Å². The zero-order chi connectivity index (χ0) is 24.3. The number of morpholine rings is 1. The lowest BCUT2D eigenvalue weighted by Gasteiger charge is -2.26. The first kappa shape index (κ1) is 24.3. The summed E-state index contributed by atoms with van der Waals surface area (Å²) in [6.45, 7) is 2.11. The first-order chi connectivity index (χ1) is 16.3. The second-order valence-corrected chi connectivity index (χ2v) is 10.8. The molecule has 12 heteroatoms. The van der Waals surface area contributed by atoms with Gasteiger partial charge in [0, 0.05) is 38.4 Å². The van der Waals surface area contributed by atoms with Crippen molar-refractivity contribution in [3.05, 3.63) is 54.3 Å². The molecule has 1 saturated heterocycles. The van der Waals surface area contributed by atoms with Crippen molar-refractivity contribution in [3.63, 3.8) is 0 Å². The van der Waals surface area contributed by atoms with Crippen LogP contribution in [0.5, 0.6) is 0 Å². The van der Waals surface area contributed by atoms with Crippen molar-refractivity contribution in [3.8, 4) is 17.1 Å². The summed E-state index contributed by atoms with van der Waals surface area (Å²) in [6, 6.07) is 12.2. The Labute approximate surface area is 201 Å². The van der Waals surface area contributed by atoms with Crippen LogP contribution in [0, 0.1) is 5.82 Å². The summed E-state index contributed by atoms with van der Waals surface area (Å²) in [7, 11) is -0.734. The molecule has 1 aromatic heterocycles. The smallest absolute Gasteiger partial charge is 0.242 e. The predicted octanol–water partition coefficient (Wildman–Crippen LogP) is 2.27. The molecule has 0 aliphatic carbocycles. The molecule has 4 rings (SSSR count). The Hall–Kier alpha value is -2.80.